The first-order valence-electron chi connectivity index (χ1n) is 5.87. The molecular formula is C13H17F2NO2. The minimum Gasteiger partial charge on any atom is -0.391 e. The summed E-state index contributed by atoms with van der Waals surface area (Å²) in [5.74, 6) is -2.26. The molecule has 1 aromatic carbocycles. The minimum atomic E-state index is -0.912. The van der Waals surface area contributed by atoms with E-state index in [1.807, 2.05) is 13.8 Å². The van der Waals surface area contributed by atoms with Crippen molar-refractivity contribution < 1.29 is 18.7 Å². The Balaban J connectivity index is 2.60. The molecule has 5 heteroatoms. The lowest BCUT2D eigenvalue weighted by atomic mass is 10.0. The molecular weight excluding hydrogens is 240 g/mol. The number of aliphatic hydroxyl groups is 1. The highest BCUT2D eigenvalue weighted by Crippen LogP contribution is 2.10. The van der Waals surface area contributed by atoms with E-state index in [2.05, 4.69) is 5.32 Å². The number of hydrogen-bond donors (Lipinski definition) is 2. The zero-order valence-electron chi connectivity index (χ0n) is 10.4. The lowest BCUT2D eigenvalue weighted by Gasteiger charge is -2.17. The van der Waals surface area contributed by atoms with E-state index in [4.69, 9.17) is 0 Å². The molecule has 3 nitrogen and oxygen atoms in total. The Bertz CT molecular complexity index is 423. The average molecular weight is 257 g/mol. The van der Waals surface area contributed by atoms with Crippen molar-refractivity contribution in [2.75, 3.05) is 6.54 Å². The molecule has 18 heavy (non-hydrogen) atoms. The second-order valence-electron chi connectivity index (χ2n) is 4.29. The van der Waals surface area contributed by atoms with Crippen molar-refractivity contribution in [3.63, 3.8) is 0 Å². The van der Waals surface area contributed by atoms with Gasteiger partial charge in [0.25, 0.3) is 5.91 Å². The first kappa shape index (κ1) is 14.6. The monoisotopic (exact) mass is 257 g/mol. The van der Waals surface area contributed by atoms with Crippen LogP contribution in [0.3, 0.4) is 0 Å². The number of nitrogens with one attached hydrogen (secondary N) is 1. The van der Waals surface area contributed by atoms with Gasteiger partial charge in [0.15, 0.2) is 0 Å². The normalized spacial score (nSPS) is 14.1. The summed E-state index contributed by atoms with van der Waals surface area (Å²) >= 11 is 0. The third-order valence-corrected chi connectivity index (χ3v) is 2.95. The third-order valence-electron chi connectivity index (χ3n) is 2.95. The van der Waals surface area contributed by atoms with Crippen LogP contribution in [0.5, 0.6) is 0 Å². The van der Waals surface area contributed by atoms with Gasteiger partial charge in [-0.15, -0.1) is 0 Å². The first-order valence-corrected chi connectivity index (χ1v) is 5.87. The van der Waals surface area contributed by atoms with Crippen LogP contribution in [0.1, 0.15) is 30.6 Å². The number of amides is 1. The van der Waals surface area contributed by atoms with E-state index < -0.39 is 23.6 Å². The molecule has 0 heterocycles. The molecule has 2 atom stereocenters. The van der Waals surface area contributed by atoms with E-state index >= 15 is 0 Å². The van der Waals surface area contributed by atoms with Gasteiger partial charge in [0.05, 0.1) is 11.7 Å². The number of benzene rings is 1. The molecule has 100 valence electrons. The SMILES string of the molecule is CCC(C)C(O)CNC(=O)c1ccc(F)cc1F. The van der Waals surface area contributed by atoms with Crippen LogP contribution in [0.25, 0.3) is 0 Å². The summed E-state index contributed by atoms with van der Waals surface area (Å²) in [4.78, 5) is 11.6. The van der Waals surface area contributed by atoms with Crippen molar-refractivity contribution in [1.29, 1.82) is 0 Å². The number of hydrogen-bond acceptors (Lipinski definition) is 2. The molecule has 0 aliphatic carbocycles. The fourth-order valence-electron chi connectivity index (χ4n) is 1.44. The van der Waals surface area contributed by atoms with Gasteiger partial charge in [-0.1, -0.05) is 20.3 Å². The second kappa shape index (κ2) is 6.44. The van der Waals surface area contributed by atoms with Gasteiger partial charge < -0.3 is 10.4 Å². The fourth-order valence-corrected chi connectivity index (χ4v) is 1.44. The van der Waals surface area contributed by atoms with Crippen LogP contribution in [0, 0.1) is 17.6 Å². The summed E-state index contributed by atoms with van der Waals surface area (Å²) in [5.41, 5.74) is -0.229. The zero-order chi connectivity index (χ0) is 13.7. The van der Waals surface area contributed by atoms with E-state index in [1.54, 1.807) is 0 Å². The van der Waals surface area contributed by atoms with Crippen LogP contribution in [0.4, 0.5) is 8.78 Å². The Kier molecular flexibility index (Phi) is 5.22. The highest BCUT2D eigenvalue weighted by Gasteiger charge is 2.16. The fraction of sp³-hybridized carbons (Fsp3) is 0.462. The molecule has 1 aromatic rings. The van der Waals surface area contributed by atoms with Crippen LogP contribution in [0.2, 0.25) is 0 Å². The van der Waals surface area contributed by atoms with Crippen molar-refractivity contribution >= 4 is 5.91 Å². The van der Waals surface area contributed by atoms with Gasteiger partial charge in [-0.25, -0.2) is 8.78 Å². The maximum Gasteiger partial charge on any atom is 0.254 e. The summed E-state index contributed by atoms with van der Waals surface area (Å²) in [6, 6.07) is 2.75. The highest BCUT2D eigenvalue weighted by atomic mass is 19.1. The van der Waals surface area contributed by atoms with Crippen LogP contribution < -0.4 is 5.32 Å². The van der Waals surface area contributed by atoms with E-state index in [1.165, 1.54) is 0 Å². The van der Waals surface area contributed by atoms with Gasteiger partial charge in [0.2, 0.25) is 0 Å². The molecule has 0 saturated carbocycles. The predicted molar refractivity (Wildman–Crippen MR) is 64.2 cm³/mol. The van der Waals surface area contributed by atoms with Gasteiger partial charge in [-0.05, 0) is 18.1 Å². The van der Waals surface area contributed by atoms with E-state index in [-0.39, 0.29) is 18.0 Å². The van der Waals surface area contributed by atoms with Crippen LogP contribution in [-0.2, 0) is 0 Å². The summed E-state index contributed by atoms with van der Waals surface area (Å²) in [7, 11) is 0. The standard InChI is InChI=1S/C13H17F2NO2/c1-3-8(2)12(17)7-16-13(18)10-5-4-9(14)6-11(10)15/h4-6,8,12,17H,3,7H2,1-2H3,(H,16,18). The van der Waals surface area contributed by atoms with Gasteiger partial charge in [-0.2, -0.15) is 0 Å². The smallest absolute Gasteiger partial charge is 0.254 e. The first-order chi connectivity index (χ1) is 8.45. The molecule has 0 spiro atoms. The maximum atomic E-state index is 13.3. The molecule has 0 aliphatic rings. The number of carbonyl (C=O) groups is 1. The predicted octanol–water partition coefficient (Wildman–Crippen LogP) is 2.10. The van der Waals surface area contributed by atoms with Crippen LogP contribution >= 0.6 is 0 Å². The Morgan fingerprint density at radius 2 is 2.11 bits per heavy atom. The molecule has 0 bridgehead atoms. The van der Waals surface area contributed by atoms with Crippen LogP contribution in [0.15, 0.2) is 18.2 Å². The summed E-state index contributed by atoms with van der Waals surface area (Å²) in [6.07, 6.45) is 0.101. The van der Waals surface area contributed by atoms with E-state index in [0.29, 0.717) is 6.07 Å². The van der Waals surface area contributed by atoms with Gasteiger partial charge in [0, 0.05) is 12.6 Å². The number of rotatable bonds is 5. The van der Waals surface area contributed by atoms with Gasteiger partial charge >= 0.3 is 0 Å². The zero-order valence-corrected chi connectivity index (χ0v) is 10.4. The van der Waals surface area contributed by atoms with E-state index in [0.717, 1.165) is 18.6 Å². The lowest BCUT2D eigenvalue weighted by Crippen LogP contribution is -2.35. The van der Waals surface area contributed by atoms with Crippen molar-refractivity contribution in [2.45, 2.75) is 26.4 Å². The quantitative estimate of drug-likeness (QED) is 0.848. The second-order valence-corrected chi connectivity index (χ2v) is 4.29. The molecule has 1 rings (SSSR count). The Hall–Kier alpha value is -1.49. The maximum absolute atomic E-state index is 13.3. The molecule has 0 aromatic heterocycles. The Morgan fingerprint density at radius 1 is 1.44 bits per heavy atom. The van der Waals surface area contributed by atoms with Crippen molar-refractivity contribution in [3.8, 4) is 0 Å². The number of aliphatic hydroxyl groups excluding tert-OH is 1. The topological polar surface area (TPSA) is 49.3 Å². The number of carbonyl (C=O) groups excluding carboxylic acids is 1. The molecule has 0 fully saturated rings. The molecule has 2 N–H and O–H groups in total. The summed E-state index contributed by atoms with van der Waals surface area (Å²) in [6.45, 7) is 3.83. The molecule has 0 radical (unpaired) electrons. The lowest BCUT2D eigenvalue weighted by molar-refractivity contribution is 0.0846. The molecule has 0 aliphatic heterocycles. The number of halogens is 2. The summed E-state index contributed by atoms with van der Waals surface area (Å²) in [5, 5.41) is 12.1. The van der Waals surface area contributed by atoms with Crippen molar-refractivity contribution in [2.24, 2.45) is 5.92 Å². The molecule has 0 saturated heterocycles. The van der Waals surface area contributed by atoms with Crippen LogP contribution in [-0.4, -0.2) is 23.7 Å². The molecule has 2 unspecified atom stereocenters. The molecule has 1 amide bonds. The largest absolute Gasteiger partial charge is 0.391 e. The van der Waals surface area contributed by atoms with Crippen molar-refractivity contribution in [3.05, 3.63) is 35.4 Å². The minimum absolute atomic E-state index is 0.0448. The van der Waals surface area contributed by atoms with Gasteiger partial charge in [0.1, 0.15) is 11.6 Å². The Morgan fingerprint density at radius 3 is 2.67 bits per heavy atom. The third kappa shape index (κ3) is 3.77. The average Bonchev–Trinajstić information content (AvgIpc) is 2.34. The Labute approximate surface area is 105 Å². The van der Waals surface area contributed by atoms with Gasteiger partial charge in [-0.3, -0.25) is 4.79 Å². The highest BCUT2D eigenvalue weighted by molar-refractivity contribution is 5.94. The van der Waals surface area contributed by atoms with Crippen molar-refractivity contribution in [1.82, 2.24) is 5.32 Å². The summed E-state index contributed by atoms with van der Waals surface area (Å²) < 4.78 is 26.0. The van der Waals surface area contributed by atoms with E-state index in [9.17, 15) is 18.7 Å².